The van der Waals surface area contributed by atoms with E-state index in [1.165, 1.54) is 0 Å². The third-order valence-corrected chi connectivity index (χ3v) is 1.83. The van der Waals surface area contributed by atoms with Crippen molar-refractivity contribution in [1.82, 2.24) is 10.3 Å². The molecule has 82 valence electrons. The summed E-state index contributed by atoms with van der Waals surface area (Å²) in [7, 11) is 0. The second-order valence-corrected chi connectivity index (χ2v) is 4.68. The number of aromatic nitrogens is 1. The van der Waals surface area contributed by atoms with E-state index in [0.717, 1.165) is 0 Å². The Balaban J connectivity index is 2.66. The number of nitrogens with zero attached hydrogens (tertiary/aromatic N) is 1. The fraction of sp³-hybridized carbons (Fsp3) is 0.455. The van der Waals surface area contributed by atoms with Crippen LogP contribution < -0.4 is 11.1 Å². The van der Waals surface area contributed by atoms with Gasteiger partial charge in [0.25, 0.3) is 5.91 Å². The molecule has 1 aromatic rings. The number of hydrogen-bond donors (Lipinski definition) is 2. The van der Waals surface area contributed by atoms with Crippen LogP contribution in [0.15, 0.2) is 18.3 Å². The summed E-state index contributed by atoms with van der Waals surface area (Å²) in [5, 5.41) is 2.80. The monoisotopic (exact) mass is 207 g/mol. The molecular weight excluding hydrogens is 190 g/mol. The highest BCUT2D eigenvalue weighted by Crippen LogP contribution is 2.12. The van der Waals surface area contributed by atoms with Crippen LogP contribution in [0.1, 0.15) is 31.3 Å². The van der Waals surface area contributed by atoms with Gasteiger partial charge in [-0.05, 0) is 17.5 Å². The molecule has 0 aliphatic rings. The van der Waals surface area contributed by atoms with E-state index in [0.29, 0.717) is 17.9 Å². The highest BCUT2D eigenvalue weighted by Gasteiger charge is 2.15. The molecule has 0 aliphatic carbocycles. The Kier molecular flexibility index (Phi) is 3.29. The van der Waals surface area contributed by atoms with E-state index in [2.05, 4.69) is 31.1 Å². The third-order valence-electron chi connectivity index (χ3n) is 1.83. The van der Waals surface area contributed by atoms with Gasteiger partial charge in [-0.2, -0.15) is 0 Å². The van der Waals surface area contributed by atoms with Crippen molar-refractivity contribution in [2.75, 3.05) is 12.3 Å². The van der Waals surface area contributed by atoms with E-state index in [1.807, 2.05) is 0 Å². The Morgan fingerprint density at radius 3 is 2.73 bits per heavy atom. The molecule has 0 spiro atoms. The number of hydrogen-bond acceptors (Lipinski definition) is 3. The van der Waals surface area contributed by atoms with Gasteiger partial charge < -0.3 is 11.1 Å². The number of nitrogens with one attached hydrogen (secondary N) is 1. The Labute approximate surface area is 89.9 Å². The molecule has 1 rings (SSSR count). The zero-order chi connectivity index (χ0) is 11.5. The maximum Gasteiger partial charge on any atom is 0.272 e. The molecule has 3 N–H and O–H groups in total. The summed E-state index contributed by atoms with van der Waals surface area (Å²) < 4.78 is 0. The van der Waals surface area contributed by atoms with Crippen molar-refractivity contribution in [2.45, 2.75) is 20.8 Å². The van der Waals surface area contributed by atoms with Crippen molar-refractivity contribution in [3.63, 3.8) is 0 Å². The molecule has 0 unspecified atom stereocenters. The quantitative estimate of drug-likeness (QED) is 0.771. The first-order valence-corrected chi connectivity index (χ1v) is 4.89. The van der Waals surface area contributed by atoms with Gasteiger partial charge in [-0.1, -0.05) is 20.8 Å². The van der Waals surface area contributed by atoms with Crippen LogP contribution in [-0.2, 0) is 0 Å². The summed E-state index contributed by atoms with van der Waals surface area (Å²) in [5.41, 5.74) is 6.39. The smallest absolute Gasteiger partial charge is 0.272 e. The number of rotatable bonds is 2. The molecule has 1 aromatic heterocycles. The summed E-state index contributed by atoms with van der Waals surface area (Å²) in [6.07, 6.45) is 1.56. The van der Waals surface area contributed by atoms with Gasteiger partial charge in [-0.15, -0.1) is 0 Å². The van der Waals surface area contributed by atoms with Crippen molar-refractivity contribution in [3.05, 3.63) is 24.0 Å². The first-order valence-electron chi connectivity index (χ1n) is 4.89. The molecule has 1 heterocycles. The zero-order valence-corrected chi connectivity index (χ0v) is 9.37. The Morgan fingerprint density at radius 2 is 2.20 bits per heavy atom. The summed E-state index contributed by atoms with van der Waals surface area (Å²) >= 11 is 0. The van der Waals surface area contributed by atoms with E-state index < -0.39 is 0 Å². The van der Waals surface area contributed by atoms with Crippen LogP contribution >= 0.6 is 0 Å². The maximum atomic E-state index is 11.7. The van der Waals surface area contributed by atoms with Crippen LogP contribution in [0.2, 0.25) is 0 Å². The molecule has 0 fully saturated rings. The van der Waals surface area contributed by atoms with E-state index in [-0.39, 0.29) is 11.3 Å². The number of amides is 1. The molecular formula is C11H17N3O. The fourth-order valence-electron chi connectivity index (χ4n) is 1.04. The topological polar surface area (TPSA) is 68.0 Å². The minimum atomic E-state index is -0.219. The summed E-state index contributed by atoms with van der Waals surface area (Å²) in [6, 6.07) is 3.37. The molecule has 15 heavy (non-hydrogen) atoms. The second kappa shape index (κ2) is 4.29. The average Bonchev–Trinajstić information content (AvgIpc) is 2.14. The van der Waals surface area contributed by atoms with Gasteiger partial charge in [-0.3, -0.25) is 4.79 Å². The van der Waals surface area contributed by atoms with Crippen molar-refractivity contribution in [3.8, 4) is 0 Å². The van der Waals surface area contributed by atoms with Crippen LogP contribution in [0.5, 0.6) is 0 Å². The van der Waals surface area contributed by atoms with Crippen molar-refractivity contribution in [1.29, 1.82) is 0 Å². The molecule has 0 aromatic carbocycles. The predicted molar refractivity (Wildman–Crippen MR) is 60.4 cm³/mol. The number of carbonyl (C=O) groups excluding carboxylic acids is 1. The van der Waals surface area contributed by atoms with E-state index in [9.17, 15) is 4.79 Å². The third kappa shape index (κ3) is 3.58. The molecule has 0 aliphatic heterocycles. The average molecular weight is 207 g/mol. The van der Waals surface area contributed by atoms with Gasteiger partial charge in [-0.25, -0.2) is 4.98 Å². The number of nitrogens with two attached hydrogens (primary N) is 1. The molecule has 4 heteroatoms. The maximum absolute atomic E-state index is 11.7. The molecule has 4 nitrogen and oxygen atoms in total. The standard InChI is InChI=1S/C11H17N3O/c1-11(2,3)7-14-10(15)9-8(12)5-4-6-13-9/h4-6H,7,12H2,1-3H3,(H,14,15). The number of carbonyl (C=O) groups is 1. The van der Waals surface area contributed by atoms with E-state index >= 15 is 0 Å². The van der Waals surface area contributed by atoms with Crippen molar-refractivity contribution >= 4 is 11.6 Å². The fourth-order valence-corrected chi connectivity index (χ4v) is 1.04. The lowest BCUT2D eigenvalue weighted by molar-refractivity contribution is 0.0935. The lowest BCUT2D eigenvalue weighted by Gasteiger charge is -2.18. The first-order chi connectivity index (χ1) is 6.90. The Hall–Kier alpha value is -1.58. The molecule has 0 saturated heterocycles. The van der Waals surface area contributed by atoms with Crippen molar-refractivity contribution in [2.24, 2.45) is 5.41 Å². The Bertz CT molecular complexity index is 355. The predicted octanol–water partition coefficient (Wildman–Crippen LogP) is 1.44. The van der Waals surface area contributed by atoms with Gasteiger partial charge in [0.1, 0.15) is 0 Å². The first kappa shape index (κ1) is 11.5. The lowest BCUT2D eigenvalue weighted by atomic mass is 9.97. The SMILES string of the molecule is CC(C)(C)CNC(=O)c1ncccc1N. The largest absolute Gasteiger partial charge is 0.397 e. The van der Waals surface area contributed by atoms with Crippen LogP contribution in [0, 0.1) is 5.41 Å². The van der Waals surface area contributed by atoms with Gasteiger partial charge in [0.15, 0.2) is 5.69 Å². The number of anilines is 1. The lowest BCUT2D eigenvalue weighted by Crippen LogP contribution is -2.33. The van der Waals surface area contributed by atoms with Crippen LogP contribution in [-0.4, -0.2) is 17.4 Å². The van der Waals surface area contributed by atoms with Gasteiger partial charge >= 0.3 is 0 Å². The van der Waals surface area contributed by atoms with Gasteiger partial charge in [0.05, 0.1) is 5.69 Å². The highest BCUT2D eigenvalue weighted by molar-refractivity contribution is 5.96. The molecule has 0 atom stereocenters. The summed E-state index contributed by atoms with van der Waals surface area (Å²) in [5.74, 6) is -0.219. The van der Waals surface area contributed by atoms with Crippen LogP contribution in [0.3, 0.4) is 0 Å². The minimum Gasteiger partial charge on any atom is -0.397 e. The van der Waals surface area contributed by atoms with Crippen LogP contribution in [0.4, 0.5) is 5.69 Å². The molecule has 1 amide bonds. The minimum absolute atomic E-state index is 0.0548. The normalized spacial score (nSPS) is 11.1. The highest BCUT2D eigenvalue weighted by atomic mass is 16.1. The molecule has 0 saturated carbocycles. The van der Waals surface area contributed by atoms with Gasteiger partial charge in [0.2, 0.25) is 0 Å². The molecule has 0 bridgehead atoms. The summed E-state index contributed by atoms with van der Waals surface area (Å²) in [6.45, 7) is 6.75. The van der Waals surface area contributed by atoms with E-state index in [1.54, 1.807) is 18.3 Å². The number of nitrogen functional groups attached to an aromatic ring is 1. The van der Waals surface area contributed by atoms with E-state index in [4.69, 9.17) is 5.73 Å². The molecule has 0 radical (unpaired) electrons. The zero-order valence-electron chi connectivity index (χ0n) is 9.37. The second-order valence-electron chi connectivity index (χ2n) is 4.68. The van der Waals surface area contributed by atoms with Gasteiger partial charge in [0, 0.05) is 12.7 Å². The van der Waals surface area contributed by atoms with Crippen molar-refractivity contribution < 1.29 is 4.79 Å². The summed E-state index contributed by atoms with van der Waals surface area (Å²) in [4.78, 5) is 15.6. The van der Waals surface area contributed by atoms with Crippen LogP contribution in [0.25, 0.3) is 0 Å². The number of pyridine rings is 1. The Morgan fingerprint density at radius 1 is 1.53 bits per heavy atom.